The van der Waals surface area contributed by atoms with Gasteiger partial charge in [-0.1, -0.05) is 0 Å². The van der Waals surface area contributed by atoms with Gasteiger partial charge in [-0.3, -0.25) is 4.79 Å². The monoisotopic (exact) mass is 204 g/mol. The highest BCUT2D eigenvalue weighted by Crippen LogP contribution is 2.32. The van der Waals surface area contributed by atoms with Gasteiger partial charge in [0.05, 0.1) is 0 Å². The van der Waals surface area contributed by atoms with Crippen molar-refractivity contribution in [3.8, 4) is 0 Å². The van der Waals surface area contributed by atoms with Gasteiger partial charge in [-0.2, -0.15) is 8.78 Å². The van der Waals surface area contributed by atoms with Gasteiger partial charge in [-0.15, -0.1) is 0 Å². The predicted molar refractivity (Wildman–Crippen MR) is 47.1 cm³/mol. The van der Waals surface area contributed by atoms with E-state index in [1.165, 1.54) is 4.90 Å². The number of rotatable bonds is 1. The number of nitrogens with zero attached hydrogens (tertiary/aromatic N) is 1. The van der Waals surface area contributed by atoms with E-state index in [1.807, 2.05) is 6.92 Å². The van der Waals surface area contributed by atoms with E-state index in [0.29, 0.717) is 12.5 Å². The van der Waals surface area contributed by atoms with Crippen LogP contribution in [0.25, 0.3) is 0 Å². The van der Waals surface area contributed by atoms with Gasteiger partial charge >= 0.3 is 6.43 Å². The number of carbonyl (C=O) groups excluding carboxylic acids is 1. The summed E-state index contributed by atoms with van der Waals surface area (Å²) in [6.45, 7) is 3.36. The molecule has 0 aromatic rings. The number of amides is 1. The molecule has 2 aliphatic rings. The summed E-state index contributed by atoms with van der Waals surface area (Å²) in [4.78, 5) is 12.6. The van der Waals surface area contributed by atoms with Crippen molar-refractivity contribution in [3.05, 3.63) is 0 Å². The van der Waals surface area contributed by atoms with E-state index < -0.39 is 12.3 Å². The van der Waals surface area contributed by atoms with E-state index in [4.69, 9.17) is 0 Å². The van der Waals surface area contributed by atoms with Gasteiger partial charge in [0.2, 0.25) is 0 Å². The summed E-state index contributed by atoms with van der Waals surface area (Å²) in [5.41, 5.74) is 0. The fourth-order valence-corrected chi connectivity index (χ4v) is 2.66. The van der Waals surface area contributed by atoms with E-state index in [-0.39, 0.29) is 12.1 Å². The van der Waals surface area contributed by atoms with Gasteiger partial charge in [-0.05, 0) is 19.3 Å². The zero-order valence-corrected chi connectivity index (χ0v) is 8.04. The Kier molecular flexibility index (Phi) is 2.43. The van der Waals surface area contributed by atoms with Crippen molar-refractivity contribution in [2.75, 3.05) is 13.1 Å². The van der Waals surface area contributed by atoms with Crippen molar-refractivity contribution in [2.24, 2.45) is 5.92 Å². The first-order chi connectivity index (χ1) is 6.61. The zero-order chi connectivity index (χ0) is 10.3. The summed E-state index contributed by atoms with van der Waals surface area (Å²) in [7, 11) is 0. The quantitative estimate of drug-likeness (QED) is 0.673. The molecule has 0 aromatic carbocycles. The highest BCUT2D eigenvalue weighted by Gasteiger charge is 2.45. The normalized spacial score (nSPS) is 36.6. The molecule has 0 aliphatic carbocycles. The van der Waals surface area contributed by atoms with Crippen LogP contribution in [0, 0.1) is 5.92 Å². The lowest BCUT2D eigenvalue weighted by molar-refractivity contribution is -0.145. The maximum atomic E-state index is 12.3. The number of alkyl halides is 2. The number of fused-ring (bicyclic) bond motifs is 1. The third-order valence-electron chi connectivity index (χ3n) is 3.22. The van der Waals surface area contributed by atoms with Gasteiger partial charge in [-0.25, -0.2) is 0 Å². The lowest BCUT2D eigenvalue weighted by Crippen LogP contribution is -2.45. The molecule has 2 heterocycles. The molecule has 2 aliphatic heterocycles. The fraction of sp³-hybridized carbons (Fsp3) is 0.889. The topological polar surface area (TPSA) is 32.3 Å². The number of likely N-dealkylation sites (tertiary alicyclic amines) is 1. The minimum Gasteiger partial charge on any atom is -0.330 e. The average Bonchev–Trinajstić information content (AvgIpc) is 2.62. The Morgan fingerprint density at radius 3 is 2.86 bits per heavy atom. The molecule has 14 heavy (non-hydrogen) atoms. The molecule has 1 amide bonds. The molecule has 2 rings (SSSR count). The van der Waals surface area contributed by atoms with Crippen molar-refractivity contribution >= 4 is 5.91 Å². The van der Waals surface area contributed by atoms with Crippen LogP contribution in [0.3, 0.4) is 0 Å². The number of carbonyl (C=O) groups is 1. The molecule has 2 fully saturated rings. The summed E-state index contributed by atoms with van der Waals surface area (Å²) in [5, 5.41) is 3.13. The lowest BCUT2D eigenvalue weighted by Gasteiger charge is -2.27. The number of hydrogen-bond acceptors (Lipinski definition) is 2. The van der Waals surface area contributed by atoms with E-state index >= 15 is 0 Å². The molecular weight excluding hydrogens is 190 g/mol. The number of nitrogens with one attached hydrogen (secondary N) is 1. The highest BCUT2D eigenvalue weighted by atomic mass is 19.3. The van der Waals surface area contributed by atoms with E-state index in [0.717, 1.165) is 13.0 Å². The van der Waals surface area contributed by atoms with E-state index in [2.05, 4.69) is 5.32 Å². The van der Waals surface area contributed by atoms with Gasteiger partial charge in [0.25, 0.3) is 5.91 Å². The Morgan fingerprint density at radius 1 is 1.50 bits per heavy atom. The Labute approximate surface area is 81.4 Å². The van der Waals surface area contributed by atoms with Crippen LogP contribution in [-0.4, -0.2) is 42.4 Å². The fourth-order valence-electron chi connectivity index (χ4n) is 2.66. The SMILES string of the molecule is CC1CC2CNCC2N1C(=O)C(F)F. The van der Waals surface area contributed by atoms with Gasteiger partial charge < -0.3 is 10.2 Å². The first-order valence-corrected chi connectivity index (χ1v) is 4.92. The second-order valence-corrected chi connectivity index (χ2v) is 4.12. The molecule has 0 aromatic heterocycles. The maximum absolute atomic E-state index is 12.3. The third kappa shape index (κ3) is 1.39. The van der Waals surface area contributed by atoms with Crippen molar-refractivity contribution in [2.45, 2.75) is 31.9 Å². The molecule has 1 N–H and O–H groups in total. The number of halogens is 2. The maximum Gasteiger partial charge on any atom is 0.315 e. The molecule has 3 nitrogen and oxygen atoms in total. The van der Waals surface area contributed by atoms with Crippen LogP contribution in [0.15, 0.2) is 0 Å². The van der Waals surface area contributed by atoms with E-state index in [9.17, 15) is 13.6 Å². The predicted octanol–water partition coefficient (Wildman–Crippen LogP) is 0.460. The minimum absolute atomic E-state index is 0.00787. The summed E-state index contributed by atoms with van der Waals surface area (Å²) in [5.74, 6) is -0.638. The molecular formula is C9H14F2N2O. The van der Waals surface area contributed by atoms with Crippen LogP contribution in [0.1, 0.15) is 13.3 Å². The standard InChI is InChI=1S/C9H14F2N2O/c1-5-2-6-3-12-4-7(6)13(5)9(14)8(10)11/h5-8,12H,2-4H2,1H3. The van der Waals surface area contributed by atoms with Gasteiger partial charge in [0.1, 0.15) is 0 Å². The third-order valence-corrected chi connectivity index (χ3v) is 3.22. The second kappa shape index (κ2) is 3.46. The van der Waals surface area contributed by atoms with Crippen LogP contribution in [0.4, 0.5) is 8.78 Å². The molecule has 0 saturated carbocycles. The molecule has 3 unspecified atom stereocenters. The molecule has 80 valence electrons. The van der Waals surface area contributed by atoms with Crippen LogP contribution >= 0.6 is 0 Å². The van der Waals surface area contributed by atoms with Crippen LogP contribution in [0.5, 0.6) is 0 Å². The zero-order valence-electron chi connectivity index (χ0n) is 8.04. The average molecular weight is 204 g/mol. The molecule has 0 spiro atoms. The minimum atomic E-state index is -2.86. The summed E-state index contributed by atoms with van der Waals surface area (Å²) in [6.07, 6.45) is -2.02. The number of hydrogen-bond donors (Lipinski definition) is 1. The molecule has 0 bridgehead atoms. The van der Waals surface area contributed by atoms with Gasteiger partial charge in [0.15, 0.2) is 0 Å². The molecule has 3 atom stereocenters. The first kappa shape index (κ1) is 9.83. The molecule has 0 radical (unpaired) electrons. The smallest absolute Gasteiger partial charge is 0.315 e. The van der Waals surface area contributed by atoms with Crippen molar-refractivity contribution in [3.63, 3.8) is 0 Å². The summed E-state index contributed by atoms with van der Waals surface area (Å²) >= 11 is 0. The Hall–Kier alpha value is -0.710. The highest BCUT2D eigenvalue weighted by molar-refractivity contribution is 5.80. The largest absolute Gasteiger partial charge is 0.330 e. The van der Waals surface area contributed by atoms with Crippen molar-refractivity contribution in [1.29, 1.82) is 0 Å². The van der Waals surface area contributed by atoms with Crippen LogP contribution < -0.4 is 5.32 Å². The van der Waals surface area contributed by atoms with Crippen molar-refractivity contribution < 1.29 is 13.6 Å². The summed E-state index contributed by atoms with van der Waals surface area (Å²) in [6, 6.07) is -0.0416. The summed E-state index contributed by atoms with van der Waals surface area (Å²) < 4.78 is 24.6. The second-order valence-electron chi connectivity index (χ2n) is 4.12. The van der Waals surface area contributed by atoms with Crippen LogP contribution in [-0.2, 0) is 4.79 Å². The van der Waals surface area contributed by atoms with Crippen molar-refractivity contribution in [1.82, 2.24) is 10.2 Å². The molecule has 2 saturated heterocycles. The van der Waals surface area contributed by atoms with Crippen LogP contribution in [0.2, 0.25) is 0 Å². The Morgan fingerprint density at radius 2 is 2.21 bits per heavy atom. The molecule has 5 heteroatoms. The van der Waals surface area contributed by atoms with E-state index in [1.54, 1.807) is 0 Å². The lowest BCUT2D eigenvalue weighted by atomic mass is 10.0. The Bertz CT molecular complexity index is 247. The van der Waals surface area contributed by atoms with Gasteiger partial charge in [0, 0.05) is 25.2 Å². The first-order valence-electron chi connectivity index (χ1n) is 4.92. The Balaban J connectivity index is 2.13.